The van der Waals surface area contributed by atoms with Crippen molar-refractivity contribution in [2.24, 2.45) is 0 Å². The summed E-state index contributed by atoms with van der Waals surface area (Å²) >= 11 is 0. The fraction of sp³-hybridized carbons (Fsp3) is 0.200. The fourth-order valence-corrected chi connectivity index (χ4v) is 1.19. The first-order valence-electron chi connectivity index (χ1n) is 4.22. The van der Waals surface area contributed by atoms with Crippen LogP contribution in [0.25, 0.3) is 0 Å². The molecule has 1 rings (SSSR count). The summed E-state index contributed by atoms with van der Waals surface area (Å²) in [4.78, 5) is 1.44. The van der Waals surface area contributed by atoms with Gasteiger partial charge in [-0.3, -0.25) is 0 Å². The van der Waals surface area contributed by atoms with Crippen LogP contribution in [0.4, 0.5) is 15.8 Å². The van der Waals surface area contributed by atoms with Crippen molar-refractivity contribution in [3.63, 3.8) is 0 Å². The van der Waals surface area contributed by atoms with Crippen LogP contribution in [0.1, 0.15) is 0 Å². The van der Waals surface area contributed by atoms with Crippen LogP contribution in [0, 0.1) is 28.5 Å². The maximum absolute atomic E-state index is 13.0. The van der Waals surface area contributed by atoms with Crippen molar-refractivity contribution >= 4 is 11.4 Å². The van der Waals surface area contributed by atoms with E-state index in [2.05, 4.69) is 0 Å². The summed E-state index contributed by atoms with van der Waals surface area (Å²) in [5.41, 5.74) is 6.17. The van der Waals surface area contributed by atoms with E-state index in [0.717, 1.165) is 0 Å². The predicted molar refractivity (Wildman–Crippen MR) is 54.3 cm³/mol. The van der Waals surface area contributed by atoms with E-state index in [1.165, 1.54) is 23.1 Å². The Kier molecular flexibility index (Phi) is 3.48. The van der Waals surface area contributed by atoms with Crippen LogP contribution in [-0.4, -0.2) is 13.1 Å². The molecule has 76 valence electrons. The minimum Gasteiger partial charge on any atom is -0.399 e. The molecule has 0 aliphatic heterocycles. The second-order valence-electron chi connectivity index (χ2n) is 2.92. The lowest BCUT2D eigenvalue weighted by molar-refractivity contribution is 0.628. The molecule has 0 aliphatic rings. The summed E-state index contributed by atoms with van der Waals surface area (Å²) in [5.74, 6) is -0.481. The summed E-state index contributed by atoms with van der Waals surface area (Å²) in [5, 5.41) is 17.1. The van der Waals surface area contributed by atoms with Crippen LogP contribution in [0.2, 0.25) is 0 Å². The van der Waals surface area contributed by atoms with Gasteiger partial charge >= 0.3 is 0 Å². The van der Waals surface area contributed by atoms with E-state index in [1.807, 2.05) is 12.1 Å². The van der Waals surface area contributed by atoms with Crippen LogP contribution in [0.5, 0.6) is 0 Å². The van der Waals surface area contributed by atoms with Crippen molar-refractivity contribution in [2.45, 2.75) is 0 Å². The maximum atomic E-state index is 13.0. The number of anilines is 2. The van der Waals surface area contributed by atoms with Gasteiger partial charge in [-0.25, -0.2) is 4.39 Å². The Balaban J connectivity index is 3.01. The quantitative estimate of drug-likeness (QED) is 0.594. The average molecular weight is 204 g/mol. The zero-order valence-electron chi connectivity index (χ0n) is 7.94. The summed E-state index contributed by atoms with van der Waals surface area (Å²) in [6.07, 6.45) is 0. The van der Waals surface area contributed by atoms with Crippen LogP contribution in [0.3, 0.4) is 0 Å². The molecule has 0 unspecified atom stereocenters. The van der Waals surface area contributed by atoms with Crippen molar-refractivity contribution in [3.05, 3.63) is 24.0 Å². The van der Waals surface area contributed by atoms with E-state index < -0.39 is 5.82 Å². The Bertz CT molecular complexity index is 394. The molecule has 1 aromatic rings. The van der Waals surface area contributed by atoms with Crippen molar-refractivity contribution in [3.8, 4) is 12.1 Å². The minimum absolute atomic E-state index is 0.0243. The number of nitrogens with two attached hydrogens (primary N) is 1. The molecule has 4 nitrogen and oxygen atoms in total. The third-order valence-electron chi connectivity index (χ3n) is 1.79. The standard InChI is InChI=1S/C10H9FN4/c11-8-5-9(14)7-10(6-8)15(3-1-12)4-2-13/h5-7H,3-4,14H2. The number of hydrogen-bond acceptors (Lipinski definition) is 4. The van der Waals surface area contributed by atoms with E-state index in [4.69, 9.17) is 16.3 Å². The molecule has 1 aromatic carbocycles. The first kappa shape index (κ1) is 10.8. The molecular weight excluding hydrogens is 195 g/mol. The molecule has 0 amide bonds. The normalized spacial score (nSPS) is 9.00. The van der Waals surface area contributed by atoms with Crippen LogP contribution < -0.4 is 10.6 Å². The Labute approximate surface area is 86.9 Å². The van der Waals surface area contributed by atoms with Crippen molar-refractivity contribution in [1.29, 1.82) is 10.5 Å². The van der Waals surface area contributed by atoms with Gasteiger partial charge < -0.3 is 10.6 Å². The zero-order valence-corrected chi connectivity index (χ0v) is 7.94. The van der Waals surface area contributed by atoms with Crippen LogP contribution in [-0.2, 0) is 0 Å². The second kappa shape index (κ2) is 4.83. The summed E-state index contributed by atoms with van der Waals surface area (Å²) in [6, 6.07) is 7.75. The highest BCUT2D eigenvalue weighted by Gasteiger charge is 2.07. The van der Waals surface area contributed by atoms with Crippen molar-refractivity contribution < 1.29 is 4.39 Å². The molecule has 5 heteroatoms. The highest BCUT2D eigenvalue weighted by molar-refractivity contribution is 5.57. The van der Waals surface area contributed by atoms with Gasteiger partial charge in [-0.15, -0.1) is 0 Å². The molecule has 0 atom stereocenters. The zero-order chi connectivity index (χ0) is 11.3. The highest BCUT2D eigenvalue weighted by atomic mass is 19.1. The molecule has 0 heterocycles. The van der Waals surface area contributed by atoms with E-state index >= 15 is 0 Å². The SMILES string of the molecule is N#CCN(CC#N)c1cc(N)cc(F)c1. The molecule has 0 radical (unpaired) electrons. The summed E-state index contributed by atoms with van der Waals surface area (Å²) in [7, 11) is 0. The first-order chi connectivity index (χ1) is 7.17. The predicted octanol–water partition coefficient (Wildman–Crippen LogP) is 1.26. The Hall–Kier alpha value is -2.27. The minimum atomic E-state index is -0.481. The van der Waals surface area contributed by atoms with Gasteiger partial charge in [-0.05, 0) is 18.2 Å². The maximum Gasteiger partial charge on any atom is 0.127 e. The summed E-state index contributed by atoms with van der Waals surface area (Å²) in [6.45, 7) is 0.0485. The molecule has 0 bridgehead atoms. The van der Waals surface area contributed by atoms with Gasteiger partial charge in [0.1, 0.15) is 18.9 Å². The molecule has 15 heavy (non-hydrogen) atoms. The fourth-order valence-electron chi connectivity index (χ4n) is 1.19. The lowest BCUT2D eigenvalue weighted by Crippen LogP contribution is -2.23. The smallest absolute Gasteiger partial charge is 0.127 e. The molecule has 0 saturated heterocycles. The van der Waals surface area contributed by atoms with Crippen LogP contribution >= 0.6 is 0 Å². The number of nitriles is 2. The van der Waals surface area contributed by atoms with E-state index in [-0.39, 0.29) is 18.8 Å². The van der Waals surface area contributed by atoms with Crippen molar-refractivity contribution in [1.82, 2.24) is 0 Å². The number of nitrogens with zero attached hydrogens (tertiary/aromatic N) is 3. The number of halogens is 1. The number of rotatable bonds is 3. The molecular formula is C10H9FN4. The average Bonchev–Trinajstić information content (AvgIpc) is 2.16. The Morgan fingerprint density at radius 3 is 2.27 bits per heavy atom. The Morgan fingerprint density at radius 1 is 1.20 bits per heavy atom. The molecule has 0 aliphatic carbocycles. The number of nitrogen functional groups attached to an aromatic ring is 1. The van der Waals surface area contributed by atoms with Gasteiger partial charge in [0.2, 0.25) is 0 Å². The van der Waals surface area contributed by atoms with Gasteiger partial charge in [0.05, 0.1) is 12.1 Å². The van der Waals surface area contributed by atoms with Gasteiger partial charge in [0.25, 0.3) is 0 Å². The van der Waals surface area contributed by atoms with E-state index in [9.17, 15) is 4.39 Å². The monoisotopic (exact) mass is 204 g/mol. The van der Waals surface area contributed by atoms with Gasteiger partial charge in [0, 0.05) is 11.4 Å². The second-order valence-corrected chi connectivity index (χ2v) is 2.92. The van der Waals surface area contributed by atoms with Gasteiger partial charge in [-0.2, -0.15) is 10.5 Å². The van der Waals surface area contributed by atoms with E-state index in [1.54, 1.807) is 0 Å². The third-order valence-corrected chi connectivity index (χ3v) is 1.79. The highest BCUT2D eigenvalue weighted by Crippen LogP contribution is 2.19. The van der Waals surface area contributed by atoms with Crippen molar-refractivity contribution in [2.75, 3.05) is 23.7 Å². The van der Waals surface area contributed by atoms with Gasteiger partial charge in [0.15, 0.2) is 0 Å². The molecule has 0 aromatic heterocycles. The number of hydrogen-bond donors (Lipinski definition) is 1. The molecule has 2 N–H and O–H groups in total. The van der Waals surface area contributed by atoms with Gasteiger partial charge in [-0.1, -0.05) is 0 Å². The molecule has 0 fully saturated rings. The topological polar surface area (TPSA) is 76.8 Å². The van der Waals surface area contributed by atoms with Crippen LogP contribution in [0.15, 0.2) is 18.2 Å². The Morgan fingerprint density at radius 2 is 1.80 bits per heavy atom. The third kappa shape index (κ3) is 2.85. The lowest BCUT2D eigenvalue weighted by Gasteiger charge is -2.18. The largest absolute Gasteiger partial charge is 0.399 e. The summed E-state index contributed by atoms with van der Waals surface area (Å²) < 4.78 is 13.0. The lowest BCUT2D eigenvalue weighted by atomic mass is 10.2. The molecule has 0 spiro atoms. The first-order valence-corrected chi connectivity index (χ1v) is 4.22. The van der Waals surface area contributed by atoms with E-state index in [0.29, 0.717) is 5.69 Å². The molecule has 0 saturated carbocycles. The number of benzene rings is 1.